The number of carbonyl (C=O) groups excluding carboxylic acids is 1. The lowest BCUT2D eigenvalue weighted by Crippen LogP contribution is -2.14. The molecule has 3 rings (SSSR count). The van der Waals surface area contributed by atoms with Gasteiger partial charge in [-0.3, -0.25) is 9.89 Å². The number of aromatic nitrogens is 2. The molecule has 1 aromatic rings. The third-order valence-corrected chi connectivity index (χ3v) is 4.37. The average molecular weight is 233 g/mol. The zero-order valence-electron chi connectivity index (χ0n) is 10.2. The maximum atomic E-state index is 11.2. The molecule has 4 heteroatoms. The van der Waals surface area contributed by atoms with Crippen molar-refractivity contribution in [1.29, 1.82) is 0 Å². The summed E-state index contributed by atoms with van der Waals surface area (Å²) in [7, 11) is 0. The molecular weight excluding hydrogens is 214 g/mol. The summed E-state index contributed by atoms with van der Waals surface area (Å²) in [4.78, 5) is 11.2. The Morgan fingerprint density at radius 1 is 1.53 bits per heavy atom. The number of nitrogens with one attached hydrogen (secondary N) is 1. The summed E-state index contributed by atoms with van der Waals surface area (Å²) in [5, 5.41) is 7.09. The minimum absolute atomic E-state index is 0.373. The normalized spacial score (nSPS) is 28.9. The van der Waals surface area contributed by atoms with Gasteiger partial charge in [-0.15, -0.1) is 0 Å². The minimum atomic E-state index is -0.373. The lowest BCUT2D eigenvalue weighted by atomic mass is 10.0. The number of nitrogens with two attached hydrogens (primary N) is 1. The van der Waals surface area contributed by atoms with Crippen molar-refractivity contribution < 1.29 is 4.79 Å². The van der Waals surface area contributed by atoms with Gasteiger partial charge >= 0.3 is 0 Å². The van der Waals surface area contributed by atoms with Gasteiger partial charge in [0, 0.05) is 11.5 Å². The first kappa shape index (κ1) is 10.8. The zero-order valence-corrected chi connectivity index (χ0v) is 10.2. The first-order chi connectivity index (χ1) is 8.24. The van der Waals surface area contributed by atoms with Gasteiger partial charge in [-0.1, -0.05) is 26.2 Å². The number of unbranched alkanes of at least 4 members (excludes halogenated alkanes) is 2. The van der Waals surface area contributed by atoms with Crippen LogP contribution in [0.25, 0.3) is 0 Å². The number of fused-ring (bicyclic) bond motifs is 3. The van der Waals surface area contributed by atoms with Crippen LogP contribution in [0.4, 0.5) is 0 Å². The molecule has 0 bridgehead atoms. The van der Waals surface area contributed by atoms with Crippen molar-refractivity contribution in [2.24, 2.45) is 17.6 Å². The van der Waals surface area contributed by atoms with E-state index >= 15 is 0 Å². The van der Waals surface area contributed by atoms with Crippen LogP contribution in [0.2, 0.25) is 0 Å². The topological polar surface area (TPSA) is 71.8 Å². The molecule has 3 atom stereocenters. The number of hydrogen-bond donors (Lipinski definition) is 2. The summed E-state index contributed by atoms with van der Waals surface area (Å²) in [6.07, 6.45) is 6.26. The molecule has 0 saturated heterocycles. The molecule has 0 aromatic carbocycles. The summed E-state index contributed by atoms with van der Waals surface area (Å²) < 4.78 is 0. The van der Waals surface area contributed by atoms with Crippen molar-refractivity contribution in [3.63, 3.8) is 0 Å². The van der Waals surface area contributed by atoms with Crippen LogP contribution in [0.3, 0.4) is 0 Å². The predicted molar refractivity (Wildman–Crippen MR) is 64.7 cm³/mol. The third kappa shape index (κ3) is 1.58. The first-order valence-electron chi connectivity index (χ1n) is 6.61. The molecule has 0 radical (unpaired) electrons. The molecule has 1 heterocycles. The van der Waals surface area contributed by atoms with E-state index in [4.69, 9.17) is 5.73 Å². The Bertz CT molecular complexity index is 452. The highest BCUT2D eigenvalue weighted by Crippen LogP contribution is 2.63. The monoisotopic (exact) mass is 233 g/mol. The van der Waals surface area contributed by atoms with E-state index in [9.17, 15) is 4.79 Å². The molecule has 0 unspecified atom stereocenters. The van der Waals surface area contributed by atoms with Gasteiger partial charge in [-0.05, 0) is 24.7 Å². The maximum absolute atomic E-state index is 11.2. The molecule has 2 aliphatic carbocycles. The van der Waals surface area contributed by atoms with Crippen LogP contribution in [0, 0.1) is 11.8 Å². The molecule has 0 aliphatic heterocycles. The van der Waals surface area contributed by atoms with E-state index in [1.54, 1.807) is 0 Å². The quantitative estimate of drug-likeness (QED) is 0.763. The van der Waals surface area contributed by atoms with Gasteiger partial charge < -0.3 is 5.73 Å². The SMILES string of the molecule is CCCCC[C@@H]1[C@@H]2Cc3c(n[nH]c3C(N)=O)[C@H]12. The number of primary amides is 1. The molecule has 1 aromatic heterocycles. The van der Waals surface area contributed by atoms with E-state index in [1.807, 2.05) is 0 Å². The van der Waals surface area contributed by atoms with Gasteiger partial charge in [0.2, 0.25) is 0 Å². The van der Waals surface area contributed by atoms with E-state index < -0.39 is 0 Å². The molecule has 0 spiro atoms. The van der Waals surface area contributed by atoms with Gasteiger partial charge in [-0.25, -0.2) is 0 Å². The van der Waals surface area contributed by atoms with Crippen molar-refractivity contribution in [1.82, 2.24) is 10.2 Å². The van der Waals surface area contributed by atoms with Crippen LogP contribution in [-0.2, 0) is 6.42 Å². The second-order valence-corrected chi connectivity index (χ2v) is 5.38. The molecule has 1 fully saturated rings. The van der Waals surface area contributed by atoms with Crippen molar-refractivity contribution in [3.05, 3.63) is 17.0 Å². The van der Waals surface area contributed by atoms with Crippen LogP contribution >= 0.6 is 0 Å². The highest BCUT2D eigenvalue weighted by molar-refractivity contribution is 5.92. The fourth-order valence-electron chi connectivity index (χ4n) is 3.45. The van der Waals surface area contributed by atoms with Crippen LogP contribution in [0.15, 0.2) is 0 Å². The van der Waals surface area contributed by atoms with E-state index in [0.717, 1.165) is 29.5 Å². The van der Waals surface area contributed by atoms with E-state index in [1.165, 1.54) is 25.7 Å². The maximum Gasteiger partial charge on any atom is 0.267 e. The fraction of sp³-hybridized carbons (Fsp3) is 0.692. The van der Waals surface area contributed by atoms with Gasteiger partial charge in [0.05, 0.1) is 5.69 Å². The Morgan fingerprint density at radius 2 is 2.35 bits per heavy atom. The summed E-state index contributed by atoms with van der Waals surface area (Å²) in [5.74, 6) is 1.81. The Hall–Kier alpha value is -1.32. The molecule has 4 nitrogen and oxygen atoms in total. The van der Waals surface area contributed by atoms with Crippen molar-refractivity contribution in [2.75, 3.05) is 0 Å². The van der Waals surface area contributed by atoms with E-state index in [-0.39, 0.29) is 5.91 Å². The molecule has 2 aliphatic rings. The lowest BCUT2D eigenvalue weighted by Gasteiger charge is -2.03. The van der Waals surface area contributed by atoms with Crippen molar-refractivity contribution in [3.8, 4) is 0 Å². The molecule has 17 heavy (non-hydrogen) atoms. The van der Waals surface area contributed by atoms with E-state index in [0.29, 0.717) is 11.6 Å². The van der Waals surface area contributed by atoms with Crippen LogP contribution in [0.1, 0.15) is 60.3 Å². The highest BCUT2D eigenvalue weighted by atomic mass is 16.1. The number of amides is 1. The standard InChI is InChI=1S/C13H19N3O/c1-2-3-4-5-7-8-6-9-11(10(7)8)15-16-12(9)13(14)17/h7-8,10H,2-6H2,1H3,(H2,14,17)(H,15,16)/t7-,8+,10-/m1/s1. The van der Waals surface area contributed by atoms with Crippen molar-refractivity contribution in [2.45, 2.75) is 44.9 Å². The zero-order chi connectivity index (χ0) is 12.0. The Balaban J connectivity index is 1.68. The molecule has 1 amide bonds. The number of rotatable bonds is 5. The van der Waals surface area contributed by atoms with Crippen LogP contribution in [0.5, 0.6) is 0 Å². The second kappa shape index (κ2) is 3.86. The molecular formula is C13H19N3O. The Kier molecular flexibility index (Phi) is 2.45. The van der Waals surface area contributed by atoms with Crippen molar-refractivity contribution >= 4 is 5.91 Å². The van der Waals surface area contributed by atoms with Gasteiger partial charge in [0.15, 0.2) is 0 Å². The number of nitrogens with zero attached hydrogens (tertiary/aromatic N) is 1. The molecule has 1 saturated carbocycles. The smallest absolute Gasteiger partial charge is 0.267 e. The number of hydrogen-bond acceptors (Lipinski definition) is 2. The lowest BCUT2D eigenvalue weighted by molar-refractivity contribution is 0.0994. The van der Waals surface area contributed by atoms with Crippen LogP contribution in [-0.4, -0.2) is 16.1 Å². The molecule has 3 N–H and O–H groups in total. The average Bonchev–Trinajstić information content (AvgIpc) is 2.68. The largest absolute Gasteiger partial charge is 0.364 e. The van der Waals surface area contributed by atoms with Gasteiger partial charge in [0.1, 0.15) is 5.69 Å². The molecule has 92 valence electrons. The summed E-state index contributed by atoms with van der Waals surface area (Å²) in [6.45, 7) is 2.23. The Labute approximate surface area is 101 Å². The summed E-state index contributed by atoms with van der Waals surface area (Å²) in [6, 6.07) is 0. The fourth-order valence-corrected chi connectivity index (χ4v) is 3.45. The predicted octanol–water partition coefficient (Wildman–Crippen LogP) is 1.97. The highest BCUT2D eigenvalue weighted by Gasteiger charge is 2.57. The summed E-state index contributed by atoms with van der Waals surface area (Å²) >= 11 is 0. The van der Waals surface area contributed by atoms with Crippen LogP contribution < -0.4 is 5.73 Å². The van der Waals surface area contributed by atoms with Gasteiger partial charge in [0.25, 0.3) is 5.91 Å². The number of carbonyl (C=O) groups is 1. The Morgan fingerprint density at radius 3 is 3.06 bits per heavy atom. The summed E-state index contributed by atoms with van der Waals surface area (Å²) in [5.41, 5.74) is 8.08. The minimum Gasteiger partial charge on any atom is -0.364 e. The number of H-pyrrole nitrogens is 1. The second-order valence-electron chi connectivity index (χ2n) is 5.38. The number of aromatic amines is 1. The third-order valence-electron chi connectivity index (χ3n) is 4.37. The van der Waals surface area contributed by atoms with Gasteiger partial charge in [-0.2, -0.15) is 5.10 Å². The first-order valence-corrected chi connectivity index (χ1v) is 6.61. The van der Waals surface area contributed by atoms with E-state index in [2.05, 4.69) is 17.1 Å².